The molecule has 3 atom stereocenters. The number of aliphatic hydroxyl groups is 1. The van der Waals surface area contributed by atoms with Gasteiger partial charge in [0, 0.05) is 5.92 Å². The van der Waals surface area contributed by atoms with Crippen molar-refractivity contribution in [3.8, 4) is 0 Å². The maximum atomic E-state index is 12.6. The zero-order valence-electron chi connectivity index (χ0n) is 6.37. The van der Waals surface area contributed by atoms with Crippen LogP contribution in [0.3, 0.4) is 0 Å². The van der Waals surface area contributed by atoms with Crippen LogP contribution in [0.1, 0.15) is 6.92 Å². The van der Waals surface area contributed by atoms with Crippen molar-refractivity contribution in [3.63, 3.8) is 0 Å². The van der Waals surface area contributed by atoms with Gasteiger partial charge in [-0.3, -0.25) is 0 Å². The number of aliphatic hydroxyl groups excluding tert-OH is 1. The number of hydrogen-bond acceptors (Lipinski definition) is 1. The lowest BCUT2D eigenvalue weighted by Gasteiger charge is -2.23. The predicted molar refractivity (Wildman–Crippen MR) is 43.0 cm³/mol. The second kappa shape index (κ2) is 3.22. The highest BCUT2D eigenvalue weighted by molar-refractivity contribution is 6.13. The molecule has 1 nitrogen and oxygen atoms in total. The Hall–Kier alpha value is -0.565. The van der Waals surface area contributed by atoms with Gasteiger partial charge in [-0.2, -0.15) is 0 Å². The first-order valence-electron chi connectivity index (χ1n) is 3.60. The Morgan fingerprint density at radius 3 is 2.82 bits per heavy atom. The van der Waals surface area contributed by atoms with Crippen LogP contribution in [0.15, 0.2) is 24.1 Å². The zero-order chi connectivity index (χ0) is 8.43. The molecule has 0 saturated heterocycles. The summed E-state index contributed by atoms with van der Waals surface area (Å²) < 4.78 is 12.6. The van der Waals surface area contributed by atoms with Crippen molar-refractivity contribution >= 4 is 7.85 Å². The standard InChI is InChI=1S/C8H10BFO/c1-5(11)7-4-6(10)2-3-8(7)9/h2-5,7-8,11H,1H3/t5-,7?,8?/m1/s1. The van der Waals surface area contributed by atoms with Crippen LogP contribution in [0.5, 0.6) is 0 Å². The molecule has 1 aliphatic rings. The van der Waals surface area contributed by atoms with Crippen LogP contribution in [0, 0.1) is 5.92 Å². The molecule has 0 aliphatic heterocycles. The molecule has 58 valence electrons. The fraction of sp³-hybridized carbons (Fsp3) is 0.500. The summed E-state index contributed by atoms with van der Waals surface area (Å²) in [6, 6.07) is 0. The lowest BCUT2D eigenvalue weighted by molar-refractivity contribution is 0.148. The summed E-state index contributed by atoms with van der Waals surface area (Å²) in [4.78, 5) is 0. The first-order chi connectivity index (χ1) is 5.11. The van der Waals surface area contributed by atoms with Crippen molar-refractivity contribution in [2.75, 3.05) is 0 Å². The number of hydrogen-bond donors (Lipinski definition) is 1. The van der Waals surface area contributed by atoms with Gasteiger partial charge in [-0.05, 0) is 19.1 Å². The normalized spacial score (nSPS) is 33.2. The van der Waals surface area contributed by atoms with Crippen molar-refractivity contribution in [3.05, 3.63) is 24.1 Å². The van der Waals surface area contributed by atoms with Crippen LogP contribution in [-0.2, 0) is 0 Å². The SMILES string of the molecule is [B]C1C=CC(F)=CC1[C@@H](C)O. The molecule has 0 aromatic heterocycles. The number of rotatable bonds is 1. The molecule has 3 heteroatoms. The molecule has 1 rings (SSSR count). The molecule has 1 N–H and O–H groups in total. The van der Waals surface area contributed by atoms with Gasteiger partial charge >= 0.3 is 0 Å². The summed E-state index contributed by atoms with van der Waals surface area (Å²) in [7, 11) is 5.58. The molecule has 2 radical (unpaired) electrons. The van der Waals surface area contributed by atoms with E-state index < -0.39 is 6.10 Å². The van der Waals surface area contributed by atoms with Crippen LogP contribution in [0.2, 0.25) is 5.82 Å². The zero-order valence-corrected chi connectivity index (χ0v) is 6.37. The van der Waals surface area contributed by atoms with E-state index in [2.05, 4.69) is 0 Å². The average molecular weight is 152 g/mol. The van der Waals surface area contributed by atoms with Gasteiger partial charge in [-0.25, -0.2) is 4.39 Å². The van der Waals surface area contributed by atoms with Crippen LogP contribution in [0.4, 0.5) is 4.39 Å². The summed E-state index contributed by atoms with van der Waals surface area (Å²) in [6.07, 6.45) is 3.65. The van der Waals surface area contributed by atoms with E-state index in [1.165, 1.54) is 12.2 Å². The predicted octanol–water partition coefficient (Wildman–Crippen LogP) is 1.36. The molecule has 1 aliphatic carbocycles. The Balaban J connectivity index is 2.73. The molecule has 0 saturated carbocycles. The number of halogens is 1. The average Bonchev–Trinajstić information content (AvgIpc) is 1.94. The minimum absolute atomic E-state index is 0.269. The van der Waals surface area contributed by atoms with Gasteiger partial charge in [0.15, 0.2) is 0 Å². The summed E-state index contributed by atoms with van der Waals surface area (Å²) in [6.45, 7) is 1.60. The van der Waals surface area contributed by atoms with E-state index in [0.717, 1.165) is 0 Å². The van der Waals surface area contributed by atoms with Crippen molar-refractivity contribution in [2.24, 2.45) is 5.92 Å². The van der Waals surface area contributed by atoms with E-state index in [9.17, 15) is 4.39 Å². The molecule has 0 aromatic carbocycles. The summed E-state index contributed by atoms with van der Waals surface area (Å²) in [5.41, 5.74) is 0. The maximum absolute atomic E-state index is 12.6. The van der Waals surface area contributed by atoms with E-state index >= 15 is 0 Å². The van der Waals surface area contributed by atoms with Crippen molar-refractivity contribution in [1.29, 1.82) is 0 Å². The monoisotopic (exact) mass is 152 g/mol. The minimum atomic E-state index is -0.597. The van der Waals surface area contributed by atoms with Gasteiger partial charge in [0.2, 0.25) is 0 Å². The van der Waals surface area contributed by atoms with E-state index in [0.29, 0.717) is 0 Å². The highest BCUT2D eigenvalue weighted by atomic mass is 19.1. The van der Waals surface area contributed by atoms with Crippen LogP contribution in [-0.4, -0.2) is 19.1 Å². The fourth-order valence-electron chi connectivity index (χ4n) is 1.14. The molecule has 0 aromatic rings. The molecule has 0 heterocycles. The van der Waals surface area contributed by atoms with Crippen LogP contribution in [0.25, 0.3) is 0 Å². The summed E-state index contributed by atoms with van der Waals surface area (Å²) in [5, 5.41) is 9.14. The van der Waals surface area contributed by atoms with Crippen molar-refractivity contribution < 1.29 is 9.50 Å². The quantitative estimate of drug-likeness (QED) is 0.562. The highest BCUT2D eigenvalue weighted by Gasteiger charge is 2.20. The summed E-state index contributed by atoms with van der Waals surface area (Å²) >= 11 is 0. The van der Waals surface area contributed by atoms with Gasteiger partial charge < -0.3 is 5.11 Å². The van der Waals surface area contributed by atoms with Crippen LogP contribution >= 0.6 is 0 Å². The lowest BCUT2D eigenvalue weighted by atomic mass is 9.72. The third kappa shape index (κ3) is 1.93. The second-order valence-corrected chi connectivity index (χ2v) is 2.81. The van der Waals surface area contributed by atoms with Crippen molar-refractivity contribution in [2.45, 2.75) is 18.8 Å². The third-order valence-corrected chi connectivity index (χ3v) is 1.83. The molecule has 0 fully saturated rings. The van der Waals surface area contributed by atoms with Gasteiger partial charge in [-0.15, -0.1) is 0 Å². The van der Waals surface area contributed by atoms with E-state index in [-0.39, 0.29) is 17.6 Å². The third-order valence-electron chi connectivity index (χ3n) is 1.83. The fourth-order valence-corrected chi connectivity index (χ4v) is 1.14. The van der Waals surface area contributed by atoms with E-state index in [4.69, 9.17) is 13.0 Å². The topological polar surface area (TPSA) is 20.2 Å². The molecule has 0 bridgehead atoms. The minimum Gasteiger partial charge on any atom is -0.393 e. The van der Waals surface area contributed by atoms with Gasteiger partial charge in [0.25, 0.3) is 0 Å². The van der Waals surface area contributed by atoms with Crippen molar-refractivity contribution in [1.82, 2.24) is 0 Å². The highest BCUT2D eigenvalue weighted by Crippen LogP contribution is 2.28. The van der Waals surface area contributed by atoms with E-state index in [1.807, 2.05) is 0 Å². The largest absolute Gasteiger partial charge is 0.393 e. The second-order valence-electron chi connectivity index (χ2n) is 2.81. The summed E-state index contributed by atoms with van der Waals surface area (Å²) in [5.74, 6) is -0.882. The smallest absolute Gasteiger partial charge is 0.119 e. The first kappa shape index (κ1) is 8.53. The first-order valence-corrected chi connectivity index (χ1v) is 3.60. The molecular formula is C8H10BFO. The Labute approximate surface area is 67.0 Å². The lowest BCUT2D eigenvalue weighted by Crippen LogP contribution is -2.20. The molecule has 2 unspecified atom stereocenters. The van der Waals surface area contributed by atoms with Gasteiger partial charge in [0.05, 0.1) is 14.0 Å². The Bertz CT molecular complexity index is 198. The molecule has 0 amide bonds. The molecule has 0 spiro atoms. The van der Waals surface area contributed by atoms with Crippen LogP contribution < -0.4 is 0 Å². The number of allylic oxidation sites excluding steroid dienone is 3. The van der Waals surface area contributed by atoms with Gasteiger partial charge in [0.1, 0.15) is 5.83 Å². The Kier molecular flexibility index (Phi) is 2.50. The Morgan fingerprint density at radius 2 is 2.36 bits per heavy atom. The molecular weight excluding hydrogens is 142 g/mol. The Morgan fingerprint density at radius 1 is 1.73 bits per heavy atom. The van der Waals surface area contributed by atoms with E-state index in [1.54, 1.807) is 13.0 Å². The maximum Gasteiger partial charge on any atom is 0.119 e. The molecule has 11 heavy (non-hydrogen) atoms. The van der Waals surface area contributed by atoms with Gasteiger partial charge in [-0.1, -0.05) is 11.9 Å².